The van der Waals surface area contributed by atoms with Crippen LogP contribution in [-0.2, 0) is 25.5 Å². The summed E-state index contributed by atoms with van der Waals surface area (Å²) in [4.78, 5) is 24.1. The van der Waals surface area contributed by atoms with E-state index in [0.717, 1.165) is 12.8 Å². The van der Waals surface area contributed by atoms with E-state index in [2.05, 4.69) is 6.92 Å². The lowest BCUT2D eigenvalue weighted by Gasteiger charge is -2.15. The highest BCUT2D eigenvalue weighted by Crippen LogP contribution is 2.21. The SMILES string of the molecule is CCCCCCc1ccc(C(C(=O)OCC)C(=O)OCC)cc1. The lowest BCUT2D eigenvalue weighted by Crippen LogP contribution is -2.26. The Labute approximate surface area is 139 Å². The van der Waals surface area contributed by atoms with E-state index in [4.69, 9.17) is 9.47 Å². The van der Waals surface area contributed by atoms with Crippen LogP contribution in [0.4, 0.5) is 0 Å². The molecule has 0 aliphatic rings. The van der Waals surface area contributed by atoms with Crippen LogP contribution in [0.2, 0.25) is 0 Å². The van der Waals surface area contributed by atoms with Crippen molar-refractivity contribution in [3.8, 4) is 0 Å². The molecule has 0 fully saturated rings. The molecule has 0 N–H and O–H groups in total. The second kappa shape index (κ2) is 10.8. The lowest BCUT2D eigenvalue weighted by molar-refractivity contribution is -0.156. The fraction of sp³-hybridized carbons (Fsp3) is 0.579. The lowest BCUT2D eigenvalue weighted by atomic mass is 9.96. The van der Waals surface area contributed by atoms with Crippen LogP contribution in [0.1, 0.15) is 63.5 Å². The minimum Gasteiger partial charge on any atom is -0.465 e. The number of carbonyl (C=O) groups is 2. The van der Waals surface area contributed by atoms with Gasteiger partial charge in [-0.05, 0) is 37.8 Å². The van der Waals surface area contributed by atoms with E-state index in [1.165, 1.54) is 24.8 Å². The Morgan fingerprint density at radius 3 is 1.91 bits per heavy atom. The number of aryl methyl sites for hydroxylation is 1. The summed E-state index contributed by atoms with van der Waals surface area (Å²) in [5, 5.41) is 0. The molecular formula is C19H28O4. The highest BCUT2D eigenvalue weighted by Gasteiger charge is 2.31. The summed E-state index contributed by atoms with van der Waals surface area (Å²) in [5.41, 5.74) is 1.84. The first-order valence-electron chi connectivity index (χ1n) is 8.56. The molecule has 0 spiro atoms. The van der Waals surface area contributed by atoms with Gasteiger partial charge in [-0.25, -0.2) is 0 Å². The average Bonchev–Trinajstić information content (AvgIpc) is 2.54. The van der Waals surface area contributed by atoms with Gasteiger partial charge in [0.2, 0.25) is 0 Å². The molecule has 1 rings (SSSR count). The van der Waals surface area contributed by atoms with Crippen LogP contribution in [0.15, 0.2) is 24.3 Å². The summed E-state index contributed by atoms with van der Waals surface area (Å²) in [6, 6.07) is 7.61. The van der Waals surface area contributed by atoms with E-state index in [1.807, 2.05) is 24.3 Å². The third kappa shape index (κ3) is 6.43. The van der Waals surface area contributed by atoms with Crippen LogP contribution >= 0.6 is 0 Å². The quantitative estimate of drug-likeness (QED) is 0.371. The standard InChI is InChI=1S/C19H28O4/c1-4-7-8-9-10-15-11-13-16(14-12-15)17(18(20)22-5-2)19(21)23-6-3/h11-14,17H,4-10H2,1-3H3. The molecule has 0 aliphatic heterocycles. The molecule has 0 atom stereocenters. The number of benzene rings is 1. The van der Waals surface area contributed by atoms with Gasteiger partial charge in [-0.1, -0.05) is 50.5 Å². The van der Waals surface area contributed by atoms with Crippen LogP contribution in [0, 0.1) is 0 Å². The molecule has 1 aromatic carbocycles. The van der Waals surface area contributed by atoms with E-state index in [-0.39, 0.29) is 13.2 Å². The van der Waals surface area contributed by atoms with Crippen molar-refractivity contribution < 1.29 is 19.1 Å². The minimum atomic E-state index is -0.996. The number of unbranched alkanes of at least 4 members (excludes halogenated alkanes) is 3. The highest BCUT2D eigenvalue weighted by molar-refractivity contribution is 6.00. The molecule has 128 valence electrons. The molecule has 4 heteroatoms. The highest BCUT2D eigenvalue weighted by atomic mass is 16.6. The number of ether oxygens (including phenoxy) is 2. The summed E-state index contributed by atoms with van der Waals surface area (Å²) in [7, 11) is 0. The van der Waals surface area contributed by atoms with Crippen molar-refractivity contribution >= 4 is 11.9 Å². The summed E-state index contributed by atoms with van der Waals surface area (Å²) in [6.07, 6.45) is 5.88. The van der Waals surface area contributed by atoms with Gasteiger partial charge in [-0.2, -0.15) is 0 Å². The zero-order chi connectivity index (χ0) is 17.1. The number of esters is 2. The first-order valence-corrected chi connectivity index (χ1v) is 8.56. The molecule has 0 heterocycles. The maximum Gasteiger partial charge on any atom is 0.324 e. The first-order chi connectivity index (χ1) is 11.1. The maximum absolute atomic E-state index is 12.1. The Morgan fingerprint density at radius 1 is 0.870 bits per heavy atom. The zero-order valence-electron chi connectivity index (χ0n) is 14.5. The van der Waals surface area contributed by atoms with E-state index < -0.39 is 17.9 Å². The van der Waals surface area contributed by atoms with Crippen molar-refractivity contribution in [2.45, 2.75) is 58.8 Å². The van der Waals surface area contributed by atoms with E-state index in [9.17, 15) is 9.59 Å². The molecule has 0 aromatic heterocycles. The van der Waals surface area contributed by atoms with Crippen LogP contribution in [0.25, 0.3) is 0 Å². The minimum absolute atomic E-state index is 0.240. The Kier molecular flexibility index (Phi) is 9.03. The molecule has 0 radical (unpaired) electrons. The van der Waals surface area contributed by atoms with Crippen LogP contribution < -0.4 is 0 Å². The maximum atomic E-state index is 12.1. The number of rotatable bonds is 10. The third-order valence-corrected chi connectivity index (χ3v) is 3.68. The molecule has 0 bridgehead atoms. The largest absolute Gasteiger partial charge is 0.465 e. The molecule has 0 saturated heterocycles. The summed E-state index contributed by atoms with van der Waals surface area (Å²) in [5.74, 6) is -2.10. The predicted octanol–water partition coefficient (Wildman–Crippen LogP) is 4.02. The second-order valence-corrected chi connectivity index (χ2v) is 5.49. The van der Waals surface area contributed by atoms with Gasteiger partial charge >= 0.3 is 11.9 Å². The molecule has 0 unspecified atom stereocenters. The van der Waals surface area contributed by atoms with Gasteiger partial charge in [0.05, 0.1) is 13.2 Å². The Morgan fingerprint density at radius 2 is 1.43 bits per heavy atom. The number of hydrogen-bond donors (Lipinski definition) is 0. The summed E-state index contributed by atoms with van der Waals surface area (Å²) < 4.78 is 10.0. The predicted molar refractivity (Wildman–Crippen MR) is 90.3 cm³/mol. The van der Waals surface area contributed by atoms with Gasteiger partial charge in [0.15, 0.2) is 5.92 Å². The molecule has 0 saturated carbocycles. The molecule has 0 aliphatic carbocycles. The molecule has 1 aromatic rings. The van der Waals surface area contributed by atoms with Gasteiger partial charge in [-0.15, -0.1) is 0 Å². The van der Waals surface area contributed by atoms with Gasteiger partial charge in [0, 0.05) is 0 Å². The fourth-order valence-corrected chi connectivity index (χ4v) is 2.45. The topological polar surface area (TPSA) is 52.6 Å². The summed E-state index contributed by atoms with van der Waals surface area (Å²) >= 11 is 0. The zero-order valence-corrected chi connectivity index (χ0v) is 14.5. The molecular weight excluding hydrogens is 292 g/mol. The van der Waals surface area contributed by atoms with Crippen molar-refractivity contribution in [3.05, 3.63) is 35.4 Å². The van der Waals surface area contributed by atoms with E-state index >= 15 is 0 Å². The van der Waals surface area contributed by atoms with Gasteiger partial charge in [0.1, 0.15) is 0 Å². The second-order valence-electron chi connectivity index (χ2n) is 5.49. The number of hydrogen-bond acceptors (Lipinski definition) is 4. The first kappa shape index (κ1) is 19.2. The van der Waals surface area contributed by atoms with Crippen molar-refractivity contribution in [1.29, 1.82) is 0 Å². The van der Waals surface area contributed by atoms with Crippen molar-refractivity contribution in [1.82, 2.24) is 0 Å². The van der Waals surface area contributed by atoms with Crippen LogP contribution in [-0.4, -0.2) is 25.2 Å². The summed E-state index contributed by atoms with van der Waals surface area (Å²) in [6.45, 7) is 6.12. The monoisotopic (exact) mass is 320 g/mol. The molecule has 23 heavy (non-hydrogen) atoms. The third-order valence-electron chi connectivity index (χ3n) is 3.68. The molecule has 4 nitrogen and oxygen atoms in total. The Hall–Kier alpha value is -1.84. The van der Waals surface area contributed by atoms with Crippen LogP contribution in [0.5, 0.6) is 0 Å². The van der Waals surface area contributed by atoms with Crippen molar-refractivity contribution in [2.75, 3.05) is 13.2 Å². The molecule has 0 amide bonds. The van der Waals surface area contributed by atoms with Gasteiger partial charge in [0.25, 0.3) is 0 Å². The van der Waals surface area contributed by atoms with E-state index in [0.29, 0.717) is 5.56 Å². The van der Waals surface area contributed by atoms with Gasteiger partial charge in [-0.3, -0.25) is 9.59 Å². The van der Waals surface area contributed by atoms with Crippen molar-refractivity contribution in [3.63, 3.8) is 0 Å². The smallest absolute Gasteiger partial charge is 0.324 e. The Balaban J connectivity index is 2.78. The Bertz CT molecular complexity index is 461. The van der Waals surface area contributed by atoms with Crippen LogP contribution in [0.3, 0.4) is 0 Å². The number of carbonyl (C=O) groups excluding carboxylic acids is 2. The van der Waals surface area contributed by atoms with Gasteiger partial charge < -0.3 is 9.47 Å². The van der Waals surface area contributed by atoms with E-state index in [1.54, 1.807) is 13.8 Å². The normalized spacial score (nSPS) is 10.6. The fourth-order valence-electron chi connectivity index (χ4n) is 2.45. The van der Waals surface area contributed by atoms with Crippen molar-refractivity contribution in [2.24, 2.45) is 0 Å². The average molecular weight is 320 g/mol.